The van der Waals surface area contributed by atoms with Gasteiger partial charge in [0.05, 0.1) is 23.4 Å². The van der Waals surface area contributed by atoms with E-state index in [4.69, 9.17) is 33.0 Å². The normalized spacial score (nSPS) is 16.0. The molecule has 1 aliphatic rings. The fourth-order valence-corrected chi connectivity index (χ4v) is 4.07. The topological polar surface area (TPSA) is 68.2 Å². The quantitative estimate of drug-likeness (QED) is 0.479. The molecule has 6 nitrogen and oxygen atoms in total. The van der Waals surface area contributed by atoms with Crippen LogP contribution in [0.3, 0.4) is 0 Å². The van der Waals surface area contributed by atoms with Crippen LogP contribution in [-0.4, -0.2) is 28.0 Å². The Morgan fingerprint density at radius 3 is 2.53 bits per heavy atom. The molecule has 0 fully saturated rings. The number of halogens is 2. The fourth-order valence-electron chi connectivity index (χ4n) is 3.72. The highest BCUT2D eigenvalue weighted by molar-refractivity contribution is 6.32. The maximum absolute atomic E-state index is 12.6. The second-order valence-corrected chi connectivity index (χ2v) is 9.67. The van der Waals surface area contributed by atoms with E-state index in [-0.39, 0.29) is 17.6 Å². The van der Waals surface area contributed by atoms with Crippen LogP contribution in [0, 0.1) is 0 Å². The molecule has 2 amide bonds. The fraction of sp³-hybridized carbons (Fsp3) is 0.333. The highest BCUT2D eigenvalue weighted by Crippen LogP contribution is 2.42. The molecular formula is C24H26Cl2N4O2. The molecule has 3 aromatic rings. The van der Waals surface area contributed by atoms with Gasteiger partial charge in [-0.2, -0.15) is 5.10 Å². The Balaban J connectivity index is 1.84. The smallest absolute Gasteiger partial charge is 0.315 e. The van der Waals surface area contributed by atoms with Crippen molar-refractivity contribution in [1.29, 1.82) is 0 Å². The van der Waals surface area contributed by atoms with Crippen molar-refractivity contribution >= 4 is 29.2 Å². The van der Waals surface area contributed by atoms with Crippen molar-refractivity contribution in [3.8, 4) is 22.7 Å². The van der Waals surface area contributed by atoms with Gasteiger partial charge in [0, 0.05) is 16.1 Å². The minimum atomic E-state index is -0.348. The summed E-state index contributed by atoms with van der Waals surface area (Å²) in [7, 11) is 0. The molecule has 0 radical (unpaired) electrons. The summed E-state index contributed by atoms with van der Waals surface area (Å²) in [6.45, 7) is 6.36. The molecule has 168 valence electrons. The zero-order valence-corrected chi connectivity index (χ0v) is 19.8. The standard InChI is InChI=1S/C24H26Cl2N4O2/c1-24(2,3)28-23(31)27-18-8-6-14-32-22-20(18)29-30(19-9-5-4-7-17(19)26)21(22)15-10-12-16(25)13-11-15/h4-5,7,9-13,18H,6,8,14H2,1-3H3,(H2,27,28,31). The molecule has 0 saturated heterocycles. The van der Waals surface area contributed by atoms with Crippen molar-refractivity contribution in [1.82, 2.24) is 20.4 Å². The van der Waals surface area contributed by atoms with Crippen molar-refractivity contribution < 1.29 is 9.53 Å². The number of hydrogen-bond donors (Lipinski definition) is 2. The lowest BCUT2D eigenvalue weighted by Gasteiger charge is -2.23. The zero-order chi connectivity index (χ0) is 22.9. The Bertz CT molecular complexity index is 1120. The third-order valence-electron chi connectivity index (χ3n) is 5.07. The summed E-state index contributed by atoms with van der Waals surface area (Å²) in [5, 5.41) is 12.1. The zero-order valence-electron chi connectivity index (χ0n) is 18.3. The predicted molar refractivity (Wildman–Crippen MR) is 128 cm³/mol. The largest absolute Gasteiger partial charge is 0.489 e. The van der Waals surface area contributed by atoms with Crippen LogP contribution in [0.25, 0.3) is 16.9 Å². The van der Waals surface area contributed by atoms with E-state index >= 15 is 0 Å². The average Bonchev–Trinajstić information content (AvgIpc) is 2.98. The van der Waals surface area contributed by atoms with Gasteiger partial charge in [-0.25, -0.2) is 9.48 Å². The van der Waals surface area contributed by atoms with Gasteiger partial charge in [0.2, 0.25) is 0 Å². The summed E-state index contributed by atoms with van der Waals surface area (Å²) in [5.74, 6) is 0.644. The number of nitrogens with zero attached hydrogens (tertiary/aromatic N) is 2. The molecule has 2 N–H and O–H groups in total. The molecule has 0 saturated carbocycles. The highest BCUT2D eigenvalue weighted by atomic mass is 35.5. The first-order chi connectivity index (χ1) is 15.2. The number of carbonyl (C=O) groups excluding carboxylic acids is 1. The van der Waals surface area contributed by atoms with E-state index in [9.17, 15) is 4.79 Å². The predicted octanol–water partition coefficient (Wildman–Crippen LogP) is 6.16. The summed E-state index contributed by atoms with van der Waals surface area (Å²) < 4.78 is 7.98. The first-order valence-electron chi connectivity index (χ1n) is 10.6. The van der Waals surface area contributed by atoms with Gasteiger partial charge >= 0.3 is 6.03 Å². The summed E-state index contributed by atoms with van der Waals surface area (Å²) >= 11 is 12.7. The number of ether oxygens (including phenoxy) is 1. The van der Waals surface area contributed by atoms with Gasteiger partial charge in [0.1, 0.15) is 11.4 Å². The molecule has 0 aliphatic carbocycles. The van der Waals surface area contributed by atoms with E-state index in [0.717, 1.165) is 23.4 Å². The van der Waals surface area contributed by atoms with Gasteiger partial charge in [0.15, 0.2) is 5.75 Å². The van der Waals surface area contributed by atoms with Crippen molar-refractivity contribution in [2.24, 2.45) is 0 Å². The van der Waals surface area contributed by atoms with Crippen LogP contribution >= 0.6 is 23.2 Å². The van der Waals surface area contributed by atoms with Crippen molar-refractivity contribution in [3.63, 3.8) is 0 Å². The first kappa shape index (κ1) is 22.5. The molecule has 1 atom stereocenters. The average molecular weight is 473 g/mol. The second kappa shape index (κ2) is 9.04. The Hall–Kier alpha value is -2.70. The van der Waals surface area contributed by atoms with Gasteiger partial charge in [-0.3, -0.25) is 0 Å². The maximum atomic E-state index is 12.6. The van der Waals surface area contributed by atoms with Crippen LogP contribution in [0.1, 0.15) is 45.3 Å². The van der Waals surface area contributed by atoms with E-state index in [1.165, 1.54) is 0 Å². The van der Waals surface area contributed by atoms with Crippen molar-refractivity contribution in [2.75, 3.05) is 6.61 Å². The monoisotopic (exact) mass is 472 g/mol. The summed E-state index contributed by atoms with van der Waals surface area (Å²) in [6.07, 6.45) is 1.51. The van der Waals surface area contributed by atoms with E-state index in [1.54, 1.807) is 4.68 Å². The molecule has 1 aliphatic heterocycles. The van der Waals surface area contributed by atoms with Gasteiger partial charge in [-0.15, -0.1) is 0 Å². The van der Waals surface area contributed by atoms with Gasteiger partial charge in [-0.05, 0) is 57.9 Å². The molecule has 2 aromatic carbocycles. The lowest BCUT2D eigenvalue weighted by atomic mass is 10.1. The van der Waals surface area contributed by atoms with E-state index < -0.39 is 0 Å². The number of aromatic nitrogens is 2. The molecule has 32 heavy (non-hydrogen) atoms. The molecule has 8 heteroatoms. The van der Waals surface area contributed by atoms with E-state index in [2.05, 4.69) is 10.6 Å². The number of rotatable bonds is 3. The van der Waals surface area contributed by atoms with Gasteiger partial charge < -0.3 is 15.4 Å². The minimum Gasteiger partial charge on any atom is -0.489 e. The van der Waals surface area contributed by atoms with Gasteiger partial charge in [0.25, 0.3) is 0 Å². The second-order valence-electron chi connectivity index (χ2n) is 8.82. The number of benzene rings is 2. The van der Waals surface area contributed by atoms with Crippen LogP contribution < -0.4 is 15.4 Å². The summed E-state index contributed by atoms with van der Waals surface area (Å²) in [4.78, 5) is 12.6. The van der Waals surface area contributed by atoms with Crippen LogP contribution in [0.15, 0.2) is 48.5 Å². The molecule has 1 unspecified atom stereocenters. The van der Waals surface area contributed by atoms with Crippen LogP contribution in [0.5, 0.6) is 5.75 Å². The number of para-hydroxylation sites is 1. The lowest BCUT2D eigenvalue weighted by molar-refractivity contribution is 0.227. The molecule has 1 aromatic heterocycles. The van der Waals surface area contributed by atoms with Crippen molar-refractivity contribution in [3.05, 3.63) is 64.3 Å². The minimum absolute atomic E-state index is 0.240. The van der Waals surface area contributed by atoms with Crippen LogP contribution in [0.4, 0.5) is 4.79 Å². The molecule has 0 bridgehead atoms. The third-order valence-corrected chi connectivity index (χ3v) is 5.64. The molecule has 4 rings (SSSR count). The Morgan fingerprint density at radius 1 is 1.12 bits per heavy atom. The van der Waals surface area contributed by atoms with Gasteiger partial charge in [-0.1, -0.05) is 47.5 Å². The van der Waals surface area contributed by atoms with Crippen LogP contribution in [0.2, 0.25) is 10.0 Å². The van der Waals surface area contributed by atoms with E-state index in [1.807, 2.05) is 69.3 Å². The molecule has 2 heterocycles. The Kier molecular flexibility index (Phi) is 6.35. The Morgan fingerprint density at radius 2 is 1.84 bits per heavy atom. The summed E-state index contributed by atoms with van der Waals surface area (Å²) in [5.41, 5.74) is 2.72. The maximum Gasteiger partial charge on any atom is 0.315 e. The molecular weight excluding hydrogens is 447 g/mol. The number of amides is 2. The number of urea groups is 1. The first-order valence-corrected chi connectivity index (χ1v) is 11.3. The highest BCUT2D eigenvalue weighted by Gasteiger charge is 2.31. The van der Waals surface area contributed by atoms with Crippen molar-refractivity contribution in [2.45, 2.75) is 45.2 Å². The number of carbonyl (C=O) groups is 1. The number of hydrogen-bond acceptors (Lipinski definition) is 3. The molecule has 0 spiro atoms. The SMILES string of the molecule is CC(C)(C)NC(=O)NC1CCCOc2c1nn(-c1ccccc1Cl)c2-c1ccc(Cl)cc1. The third kappa shape index (κ3) is 4.87. The summed E-state index contributed by atoms with van der Waals surface area (Å²) in [6, 6.07) is 14.5. The Labute approximate surface area is 197 Å². The number of fused-ring (bicyclic) bond motifs is 1. The lowest BCUT2D eigenvalue weighted by Crippen LogP contribution is -2.47. The van der Waals surface area contributed by atoms with Crippen LogP contribution in [-0.2, 0) is 0 Å². The number of nitrogens with one attached hydrogen (secondary N) is 2. The van der Waals surface area contributed by atoms with E-state index in [0.29, 0.717) is 34.5 Å².